The molecule has 2 heterocycles. The quantitative estimate of drug-likeness (QED) is 0.592. The Kier molecular flexibility index (Phi) is 3.61. The van der Waals surface area contributed by atoms with Gasteiger partial charge in [-0.2, -0.15) is 0 Å². The summed E-state index contributed by atoms with van der Waals surface area (Å²) in [6, 6.07) is 12.4. The maximum atomic E-state index is 11.4. The van der Waals surface area contributed by atoms with Crippen molar-refractivity contribution in [1.29, 1.82) is 0 Å². The molecule has 2 aromatic heterocycles. The molecule has 4 rings (SSSR count). The fourth-order valence-electron chi connectivity index (χ4n) is 3.49. The molecule has 0 radical (unpaired) electrons. The lowest BCUT2D eigenvalue weighted by atomic mass is 9.99. The molecular formula is C20H18N4O2. The van der Waals surface area contributed by atoms with E-state index in [0.29, 0.717) is 16.9 Å². The van der Waals surface area contributed by atoms with Gasteiger partial charge < -0.3 is 15.4 Å². The number of aromatic nitrogens is 3. The molecular weight excluding hydrogens is 328 g/mol. The molecule has 26 heavy (non-hydrogen) atoms. The summed E-state index contributed by atoms with van der Waals surface area (Å²) in [4.78, 5) is 19.8. The monoisotopic (exact) mass is 346 g/mol. The number of carboxylic acid groups (broad SMARTS) is 1. The van der Waals surface area contributed by atoms with Gasteiger partial charge in [-0.1, -0.05) is 29.8 Å². The number of aryl methyl sites for hydroxylation is 2. The Morgan fingerprint density at radius 3 is 2.54 bits per heavy atom. The molecule has 0 saturated heterocycles. The van der Waals surface area contributed by atoms with Crippen molar-refractivity contribution in [2.75, 3.05) is 5.73 Å². The predicted molar refractivity (Wildman–Crippen MR) is 102 cm³/mol. The zero-order valence-electron chi connectivity index (χ0n) is 14.5. The number of rotatable bonds is 3. The fourth-order valence-corrected chi connectivity index (χ4v) is 3.49. The van der Waals surface area contributed by atoms with Crippen LogP contribution in [0.5, 0.6) is 0 Å². The van der Waals surface area contributed by atoms with E-state index >= 15 is 0 Å². The summed E-state index contributed by atoms with van der Waals surface area (Å²) < 4.78 is 1.69. The smallest absolute Gasteiger partial charge is 0.323 e. The van der Waals surface area contributed by atoms with E-state index in [1.54, 1.807) is 4.57 Å². The molecule has 0 aliphatic rings. The van der Waals surface area contributed by atoms with E-state index in [9.17, 15) is 9.90 Å². The summed E-state index contributed by atoms with van der Waals surface area (Å²) >= 11 is 0. The molecule has 0 saturated carbocycles. The van der Waals surface area contributed by atoms with Crippen LogP contribution in [0.3, 0.4) is 0 Å². The average molecular weight is 346 g/mol. The third-order valence-electron chi connectivity index (χ3n) is 4.63. The third kappa shape index (κ3) is 2.47. The van der Waals surface area contributed by atoms with Gasteiger partial charge in [-0.3, -0.25) is 4.79 Å². The lowest BCUT2D eigenvalue weighted by molar-refractivity contribution is -0.137. The Labute approximate surface area is 149 Å². The minimum absolute atomic E-state index is 0.179. The van der Waals surface area contributed by atoms with Crippen molar-refractivity contribution in [2.24, 2.45) is 0 Å². The van der Waals surface area contributed by atoms with Crippen LogP contribution in [-0.4, -0.2) is 25.6 Å². The first kappa shape index (κ1) is 16.1. The molecule has 2 aromatic carbocycles. The molecule has 0 fully saturated rings. The number of fused-ring (bicyclic) bond motifs is 3. The highest BCUT2D eigenvalue weighted by Crippen LogP contribution is 2.36. The number of hydrogen-bond acceptors (Lipinski definition) is 4. The van der Waals surface area contributed by atoms with Crippen LogP contribution in [0.2, 0.25) is 0 Å². The second-order valence-electron chi connectivity index (χ2n) is 6.49. The second kappa shape index (κ2) is 5.84. The molecule has 0 amide bonds. The summed E-state index contributed by atoms with van der Waals surface area (Å²) in [5.74, 6) is -0.576. The van der Waals surface area contributed by atoms with Crippen LogP contribution >= 0.6 is 0 Å². The molecule has 130 valence electrons. The summed E-state index contributed by atoms with van der Waals surface area (Å²) in [6.45, 7) is 3.85. The van der Waals surface area contributed by atoms with E-state index in [-0.39, 0.29) is 6.54 Å². The Morgan fingerprint density at radius 1 is 1.12 bits per heavy atom. The largest absolute Gasteiger partial charge is 0.480 e. The lowest BCUT2D eigenvalue weighted by Crippen LogP contribution is -2.09. The van der Waals surface area contributed by atoms with Gasteiger partial charge in [0, 0.05) is 5.39 Å². The average Bonchev–Trinajstić information content (AvgIpc) is 2.90. The number of nitrogen functional groups attached to an aromatic ring is 1. The van der Waals surface area contributed by atoms with Crippen molar-refractivity contribution in [2.45, 2.75) is 20.4 Å². The van der Waals surface area contributed by atoms with Crippen LogP contribution in [0.25, 0.3) is 33.1 Å². The van der Waals surface area contributed by atoms with Crippen LogP contribution < -0.4 is 5.73 Å². The number of anilines is 1. The first-order chi connectivity index (χ1) is 12.5. The van der Waals surface area contributed by atoms with Crippen LogP contribution in [0, 0.1) is 13.8 Å². The van der Waals surface area contributed by atoms with E-state index in [1.807, 2.05) is 13.0 Å². The molecule has 0 aliphatic heterocycles. The number of nitrogens with two attached hydrogens (primary N) is 1. The third-order valence-corrected chi connectivity index (χ3v) is 4.63. The van der Waals surface area contributed by atoms with E-state index < -0.39 is 5.97 Å². The number of carboxylic acids is 1. The molecule has 3 N–H and O–H groups in total. The van der Waals surface area contributed by atoms with Crippen LogP contribution in [-0.2, 0) is 11.3 Å². The maximum absolute atomic E-state index is 11.4. The number of benzene rings is 2. The number of nitrogens with zero attached hydrogens (tertiary/aromatic N) is 3. The lowest BCUT2D eigenvalue weighted by Gasteiger charge is -2.08. The normalized spacial score (nSPS) is 11.3. The second-order valence-corrected chi connectivity index (χ2v) is 6.49. The van der Waals surface area contributed by atoms with Gasteiger partial charge in [0.15, 0.2) is 0 Å². The van der Waals surface area contributed by atoms with Gasteiger partial charge in [-0.05, 0) is 42.7 Å². The van der Waals surface area contributed by atoms with E-state index in [0.717, 1.165) is 27.6 Å². The van der Waals surface area contributed by atoms with Crippen molar-refractivity contribution in [3.63, 3.8) is 0 Å². The van der Waals surface area contributed by atoms with Crippen molar-refractivity contribution in [1.82, 2.24) is 14.5 Å². The highest BCUT2D eigenvalue weighted by atomic mass is 16.4. The first-order valence-electron chi connectivity index (χ1n) is 8.27. The summed E-state index contributed by atoms with van der Waals surface area (Å²) in [6.07, 6.45) is 1.37. The highest BCUT2D eigenvalue weighted by molar-refractivity contribution is 6.13. The van der Waals surface area contributed by atoms with Crippen molar-refractivity contribution < 1.29 is 9.90 Å². The number of aliphatic carboxylic acids is 1. The van der Waals surface area contributed by atoms with Gasteiger partial charge in [0.1, 0.15) is 24.3 Å². The van der Waals surface area contributed by atoms with Crippen molar-refractivity contribution in [3.8, 4) is 11.1 Å². The van der Waals surface area contributed by atoms with Gasteiger partial charge in [0.25, 0.3) is 0 Å². The highest BCUT2D eigenvalue weighted by Gasteiger charge is 2.19. The van der Waals surface area contributed by atoms with Gasteiger partial charge in [0.05, 0.1) is 10.9 Å². The molecule has 0 bridgehead atoms. The molecule has 6 heteroatoms. The minimum Gasteiger partial charge on any atom is -0.480 e. The van der Waals surface area contributed by atoms with E-state index in [4.69, 9.17) is 5.73 Å². The molecule has 6 nitrogen and oxygen atoms in total. The Hall–Kier alpha value is -3.41. The fraction of sp³-hybridized carbons (Fsp3) is 0.150. The van der Waals surface area contributed by atoms with Gasteiger partial charge in [0.2, 0.25) is 0 Å². The van der Waals surface area contributed by atoms with Crippen LogP contribution in [0.15, 0.2) is 42.7 Å². The van der Waals surface area contributed by atoms with Gasteiger partial charge in [-0.15, -0.1) is 0 Å². The topological polar surface area (TPSA) is 94.0 Å². The molecule has 0 spiro atoms. The van der Waals surface area contributed by atoms with E-state index in [2.05, 4.69) is 47.2 Å². The van der Waals surface area contributed by atoms with Crippen LogP contribution in [0.1, 0.15) is 11.1 Å². The Balaban J connectivity index is 2.09. The summed E-state index contributed by atoms with van der Waals surface area (Å²) in [5, 5.41) is 10.9. The standard InChI is InChI=1S/C20H18N4O2/c1-11-3-5-13(6-4-11)14-7-12(2)18-15(8-14)17-19(21)22-10-23-20(17)24(18)9-16(25)26/h3-8,10H,9H2,1-2H3,(H,25,26)(H2,21,22,23). The Morgan fingerprint density at radius 2 is 1.85 bits per heavy atom. The SMILES string of the molecule is Cc1ccc(-c2cc(C)c3c(c2)c2c(N)ncnc2n3CC(=O)O)cc1. The zero-order chi connectivity index (χ0) is 18.4. The van der Waals surface area contributed by atoms with Crippen molar-refractivity contribution >= 4 is 33.7 Å². The number of carbonyl (C=O) groups is 1. The molecule has 0 atom stereocenters. The Bertz CT molecular complexity index is 1160. The minimum atomic E-state index is -0.928. The molecule has 0 unspecified atom stereocenters. The van der Waals surface area contributed by atoms with Gasteiger partial charge >= 0.3 is 5.97 Å². The van der Waals surface area contributed by atoms with Crippen LogP contribution in [0.4, 0.5) is 5.82 Å². The maximum Gasteiger partial charge on any atom is 0.323 e. The first-order valence-corrected chi connectivity index (χ1v) is 8.27. The predicted octanol–water partition coefficient (Wildman–Crippen LogP) is 3.54. The summed E-state index contributed by atoms with van der Waals surface area (Å²) in [7, 11) is 0. The number of hydrogen-bond donors (Lipinski definition) is 2. The van der Waals surface area contributed by atoms with Gasteiger partial charge in [-0.25, -0.2) is 9.97 Å². The van der Waals surface area contributed by atoms with E-state index in [1.165, 1.54) is 11.9 Å². The molecule has 4 aromatic rings. The summed E-state index contributed by atoms with van der Waals surface area (Å²) in [5.41, 5.74) is 11.8. The van der Waals surface area contributed by atoms with Crippen molar-refractivity contribution in [3.05, 3.63) is 53.9 Å². The molecule has 0 aliphatic carbocycles. The zero-order valence-corrected chi connectivity index (χ0v) is 14.5.